The summed E-state index contributed by atoms with van der Waals surface area (Å²) in [6, 6.07) is 8.37. The highest BCUT2D eigenvalue weighted by Crippen LogP contribution is 2.23. The summed E-state index contributed by atoms with van der Waals surface area (Å²) in [4.78, 5) is 4.60. The SMILES string of the molecule is c1ccc2c(c1)nc1n2CSCC1. The van der Waals surface area contributed by atoms with Gasteiger partial charge in [-0.25, -0.2) is 4.98 Å². The van der Waals surface area contributed by atoms with Crippen LogP contribution < -0.4 is 0 Å². The van der Waals surface area contributed by atoms with E-state index in [1.807, 2.05) is 11.8 Å². The second kappa shape index (κ2) is 2.77. The lowest BCUT2D eigenvalue weighted by atomic mass is 10.3. The van der Waals surface area contributed by atoms with Crippen LogP contribution >= 0.6 is 11.8 Å². The van der Waals surface area contributed by atoms with Crippen molar-refractivity contribution in [2.45, 2.75) is 12.3 Å². The molecule has 1 aromatic carbocycles. The van der Waals surface area contributed by atoms with Crippen molar-refractivity contribution < 1.29 is 0 Å². The van der Waals surface area contributed by atoms with E-state index < -0.39 is 0 Å². The molecule has 66 valence electrons. The van der Waals surface area contributed by atoms with Gasteiger partial charge < -0.3 is 4.57 Å². The standard InChI is InChI=1S/C10H10N2S/c1-2-4-9-8(3-1)11-10-5-6-13-7-12(9)10/h1-4H,5-7H2. The Morgan fingerprint density at radius 1 is 1.31 bits per heavy atom. The molecule has 0 N–H and O–H groups in total. The molecule has 3 heteroatoms. The fourth-order valence-corrected chi connectivity index (χ4v) is 2.71. The summed E-state index contributed by atoms with van der Waals surface area (Å²) in [5.41, 5.74) is 2.42. The van der Waals surface area contributed by atoms with Crippen LogP contribution in [0.5, 0.6) is 0 Å². The molecule has 0 saturated carbocycles. The fraction of sp³-hybridized carbons (Fsp3) is 0.300. The first-order chi connectivity index (χ1) is 6.45. The first kappa shape index (κ1) is 7.44. The number of hydrogen-bond donors (Lipinski definition) is 0. The van der Waals surface area contributed by atoms with Crippen molar-refractivity contribution in [3.63, 3.8) is 0 Å². The van der Waals surface area contributed by atoms with Gasteiger partial charge in [0.1, 0.15) is 5.82 Å². The number of benzene rings is 1. The molecule has 1 aliphatic rings. The Balaban J connectivity index is 2.34. The Morgan fingerprint density at radius 2 is 2.23 bits per heavy atom. The van der Waals surface area contributed by atoms with Crippen LogP contribution in [0.2, 0.25) is 0 Å². The number of thioether (sulfide) groups is 1. The monoisotopic (exact) mass is 190 g/mol. The number of aryl methyl sites for hydroxylation is 1. The molecule has 13 heavy (non-hydrogen) atoms. The Labute approximate surface area is 81.0 Å². The van der Waals surface area contributed by atoms with E-state index in [9.17, 15) is 0 Å². The number of fused-ring (bicyclic) bond motifs is 3. The lowest BCUT2D eigenvalue weighted by molar-refractivity contribution is 0.795. The Hall–Kier alpha value is -0.960. The van der Waals surface area contributed by atoms with Gasteiger partial charge in [0.25, 0.3) is 0 Å². The third-order valence-corrected chi connectivity index (χ3v) is 3.36. The van der Waals surface area contributed by atoms with Gasteiger partial charge in [0, 0.05) is 12.2 Å². The molecule has 0 bridgehead atoms. The largest absolute Gasteiger partial charge is 0.318 e. The zero-order chi connectivity index (χ0) is 8.67. The van der Waals surface area contributed by atoms with Crippen LogP contribution in [0.15, 0.2) is 24.3 Å². The quantitative estimate of drug-likeness (QED) is 0.634. The Bertz CT molecular complexity index is 447. The van der Waals surface area contributed by atoms with Crippen LogP contribution in [0.3, 0.4) is 0 Å². The number of rotatable bonds is 0. The van der Waals surface area contributed by atoms with Gasteiger partial charge in [-0.05, 0) is 12.1 Å². The summed E-state index contributed by atoms with van der Waals surface area (Å²) in [5, 5.41) is 0. The summed E-state index contributed by atoms with van der Waals surface area (Å²) < 4.78 is 2.32. The van der Waals surface area contributed by atoms with Gasteiger partial charge >= 0.3 is 0 Å². The van der Waals surface area contributed by atoms with Crippen molar-refractivity contribution >= 4 is 22.8 Å². The first-order valence-corrected chi connectivity index (χ1v) is 5.62. The smallest absolute Gasteiger partial charge is 0.111 e. The maximum atomic E-state index is 4.60. The molecule has 0 amide bonds. The van der Waals surface area contributed by atoms with E-state index in [-0.39, 0.29) is 0 Å². The molecule has 0 aliphatic carbocycles. The second-order valence-electron chi connectivity index (χ2n) is 3.23. The van der Waals surface area contributed by atoms with Crippen LogP contribution in [0.4, 0.5) is 0 Å². The van der Waals surface area contributed by atoms with Crippen LogP contribution in [-0.4, -0.2) is 15.3 Å². The second-order valence-corrected chi connectivity index (χ2v) is 4.31. The van der Waals surface area contributed by atoms with Crippen LogP contribution in [0, 0.1) is 0 Å². The van der Waals surface area contributed by atoms with Crippen molar-refractivity contribution in [3.8, 4) is 0 Å². The van der Waals surface area contributed by atoms with Gasteiger partial charge in [0.15, 0.2) is 0 Å². The molecule has 2 nitrogen and oxygen atoms in total. The molecule has 2 aromatic rings. The maximum Gasteiger partial charge on any atom is 0.111 e. The summed E-state index contributed by atoms with van der Waals surface area (Å²) in [7, 11) is 0. The fourth-order valence-electron chi connectivity index (χ4n) is 1.78. The van der Waals surface area contributed by atoms with Gasteiger partial charge in [-0.2, -0.15) is 0 Å². The number of nitrogens with zero attached hydrogens (tertiary/aromatic N) is 2. The molecule has 0 unspecified atom stereocenters. The molecule has 0 spiro atoms. The predicted octanol–water partition coefficient (Wildman–Crippen LogP) is 2.28. The van der Waals surface area contributed by atoms with Gasteiger partial charge in [0.05, 0.1) is 16.9 Å². The van der Waals surface area contributed by atoms with Crippen LogP contribution in [0.25, 0.3) is 11.0 Å². The molecule has 1 aliphatic heterocycles. The highest BCUT2D eigenvalue weighted by atomic mass is 32.2. The summed E-state index contributed by atoms with van der Waals surface area (Å²) in [5.74, 6) is 3.53. The highest BCUT2D eigenvalue weighted by Gasteiger charge is 2.13. The van der Waals surface area contributed by atoms with E-state index in [2.05, 4.69) is 33.8 Å². The average Bonchev–Trinajstić information content (AvgIpc) is 2.56. The summed E-state index contributed by atoms with van der Waals surface area (Å²) in [6.45, 7) is 0. The van der Waals surface area contributed by atoms with Crippen molar-refractivity contribution in [1.82, 2.24) is 9.55 Å². The number of hydrogen-bond acceptors (Lipinski definition) is 2. The predicted molar refractivity (Wildman–Crippen MR) is 55.9 cm³/mol. The van der Waals surface area contributed by atoms with Crippen LogP contribution in [-0.2, 0) is 12.3 Å². The number of para-hydroxylation sites is 2. The van der Waals surface area contributed by atoms with Crippen molar-refractivity contribution in [3.05, 3.63) is 30.1 Å². The molecule has 3 rings (SSSR count). The lowest BCUT2D eigenvalue weighted by Crippen LogP contribution is -2.09. The third-order valence-electron chi connectivity index (χ3n) is 2.42. The molecule has 0 atom stereocenters. The van der Waals surface area contributed by atoms with E-state index in [0.717, 1.165) is 17.8 Å². The minimum absolute atomic E-state index is 1.07. The lowest BCUT2D eigenvalue weighted by Gasteiger charge is -2.13. The topological polar surface area (TPSA) is 17.8 Å². The minimum atomic E-state index is 1.07. The zero-order valence-electron chi connectivity index (χ0n) is 7.23. The molecule has 0 saturated heterocycles. The van der Waals surface area contributed by atoms with Gasteiger partial charge in [0.2, 0.25) is 0 Å². The Morgan fingerprint density at radius 3 is 3.23 bits per heavy atom. The van der Waals surface area contributed by atoms with Crippen molar-refractivity contribution in [1.29, 1.82) is 0 Å². The molecule has 2 heterocycles. The van der Waals surface area contributed by atoms with E-state index in [1.165, 1.54) is 17.1 Å². The number of aromatic nitrogens is 2. The van der Waals surface area contributed by atoms with E-state index >= 15 is 0 Å². The molecular weight excluding hydrogens is 180 g/mol. The van der Waals surface area contributed by atoms with Crippen molar-refractivity contribution in [2.75, 3.05) is 5.75 Å². The van der Waals surface area contributed by atoms with Gasteiger partial charge in [-0.15, -0.1) is 11.8 Å². The first-order valence-electron chi connectivity index (χ1n) is 4.47. The van der Waals surface area contributed by atoms with Crippen molar-refractivity contribution in [2.24, 2.45) is 0 Å². The third kappa shape index (κ3) is 1.07. The average molecular weight is 190 g/mol. The van der Waals surface area contributed by atoms with Crippen LogP contribution in [0.1, 0.15) is 5.82 Å². The summed E-state index contributed by atoms with van der Waals surface area (Å²) >= 11 is 1.98. The number of imidazole rings is 1. The van der Waals surface area contributed by atoms with E-state index in [4.69, 9.17) is 0 Å². The van der Waals surface area contributed by atoms with E-state index in [0.29, 0.717) is 0 Å². The highest BCUT2D eigenvalue weighted by molar-refractivity contribution is 7.98. The van der Waals surface area contributed by atoms with E-state index in [1.54, 1.807) is 0 Å². The molecule has 1 aromatic heterocycles. The Kier molecular flexibility index (Phi) is 1.59. The molecular formula is C10H10N2S. The summed E-state index contributed by atoms with van der Waals surface area (Å²) in [6.07, 6.45) is 1.11. The maximum absolute atomic E-state index is 4.60. The molecule has 0 fully saturated rings. The normalized spacial score (nSPS) is 16.0. The van der Waals surface area contributed by atoms with Gasteiger partial charge in [-0.3, -0.25) is 0 Å². The molecule has 0 radical (unpaired) electrons. The zero-order valence-corrected chi connectivity index (χ0v) is 8.05. The minimum Gasteiger partial charge on any atom is -0.318 e. The van der Waals surface area contributed by atoms with Gasteiger partial charge in [-0.1, -0.05) is 12.1 Å².